The zero-order chi connectivity index (χ0) is 13.5. The van der Waals surface area contributed by atoms with E-state index in [1.54, 1.807) is 11.9 Å². The van der Waals surface area contributed by atoms with E-state index in [4.69, 9.17) is 4.74 Å². The Hall–Kier alpha value is -1.14. The van der Waals surface area contributed by atoms with Gasteiger partial charge < -0.3 is 20.3 Å². The van der Waals surface area contributed by atoms with Gasteiger partial charge >= 0.3 is 0 Å². The maximum Gasteiger partial charge on any atom is 0.239 e. The predicted octanol–water partition coefficient (Wildman–Crippen LogP) is -0.795. The molecule has 18 heavy (non-hydrogen) atoms. The molecule has 0 aromatic carbocycles. The molecule has 1 fully saturated rings. The molecule has 2 amide bonds. The third kappa shape index (κ3) is 3.68. The number of carbonyl (C=O) groups excluding carboxylic acids is 2. The van der Waals surface area contributed by atoms with Gasteiger partial charge in [-0.25, -0.2) is 0 Å². The summed E-state index contributed by atoms with van der Waals surface area (Å²) in [4.78, 5) is 25.3. The third-order valence-corrected chi connectivity index (χ3v) is 3.17. The molecule has 0 spiro atoms. The fourth-order valence-electron chi connectivity index (χ4n) is 2.09. The van der Waals surface area contributed by atoms with Gasteiger partial charge in [0, 0.05) is 19.6 Å². The Morgan fingerprint density at radius 3 is 2.61 bits per heavy atom. The van der Waals surface area contributed by atoms with E-state index in [0.29, 0.717) is 19.8 Å². The van der Waals surface area contributed by atoms with Crippen LogP contribution in [-0.2, 0) is 14.3 Å². The number of nitrogens with zero attached hydrogens (tertiary/aromatic N) is 1. The summed E-state index contributed by atoms with van der Waals surface area (Å²) < 4.78 is 5.36. The molecule has 1 aliphatic heterocycles. The van der Waals surface area contributed by atoms with Crippen molar-refractivity contribution in [3.8, 4) is 0 Å². The summed E-state index contributed by atoms with van der Waals surface area (Å²) >= 11 is 0. The molecule has 0 saturated carbocycles. The van der Waals surface area contributed by atoms with Gasteiger partial charge in [-0.05, 0) is 13.5 Å². The molecule has 2 unspecified atom stereocenters. The molecule has 0 aliphatic carbocycles. The van der Waals surface area contributed by atoms with E-state index in [1.807, 2.05) is 13.8 Å². The van der Waals surface area contributed by atoms with E-state index in [9.17, 15) is 9.59 Å². The minimum absolute atomic E-state index is 0.00968. The first-order valence-electron chi connectivity index (χ1n) is 6.44. The van der Waals surface area contributed by atoms with Gasteiger partial charge in [-0.3, -0.25) is 9.59 Å². The van der Waals surface area contributed by atoms with Crippen LogP contribution >= 0.6 is 0 Å². The van der Waals surface area contributed by atoms with Crippen LogP contribution in [0.3, 0.4) is 0 Å². The summed E-state index contributed by atoms with van der Waals surface area (Å²) in [5, 5.41) is 5.78. The average Bonchev–Trinajstić information content (AvgIpc) is 2.83. The zero-order valence-electron chi connectivity index (χ0n) is 11.4. The molecule has 104 valence electrons. The maximum absolute atomic E-state index is 12.3. The van der Waals surface area contributed by atoms with Gasteiger partial charge in [0.1, 0.15) is 0 Å². The molecule has 2 N–H and O–H groups in total. The molecule has 0 aromatic rings. The van der Waals surface area contributed by atoms with Crippen molar-refractivity contribution in [1.29, 1.82) is 0 Å². The van der Waals surface area contributed by atoms with E-state index in [1.165, 1.54) is 0 Å². The van der Waals surface area contributed by atoms with Crippen LogP contribution in [-0.4, -0.2) is 62.7 Å². The number of likely N-dealkylation sites (N-methyl/N-ethyl adjacent to an activating group) is 3. The summed E-state index contributed by atoms with van der Waals surface area (Å²) in [5.41, 5.74) is 0. The van der Waals surface area contributed by atoms with Crippen LogP contribution in [0.2, 0.25) is 0 Å². The van der Waals surface area contributed by atoms with Gasteiger partial charge in [-0.2, -0.15) is 0 Å². The number of ether oxygens (including phenoxy) is 1. The molecular formula is C12H23N3O3. The van der Waals surface area contributed by atoms with Crippen LogP contribution in [0.1, 0.15) is 13.8 Å². The van der Waals surface area contributed by atoms with E-state index < -0.39 is 0 Å². The third-order valence-electron chi connectivity index (χ3n) is 3.17. The van der Waals surface area contributed by atoms with Crippen molar-refractivity contribution in [2.75, 3.05) is 39.9 Å². The zero-order valence-corrected chi connectivity index (χ0v) is 11.4. The second kappa shape index (κ2) is 7.33. The van der Waals surface area contributed by atoms with Crippen molar-refractivity contribution >= 4 is 11.8 Å². The smallest absolute Gasteiger partial charge is 0.239 e. The van der Waals surface area contributed by atoms with Gasteiger partial charge in [-0.1, -0.05) is 6.92 Å². The van der Waals surface area contributed by atoms with Crippen molar-refractivity contribution in [3.63, 3.8) is 0 Å². The molecule has 6 nitrogen and oxygen atoms in total. The van der Waals surface area contributed by atoms with Gasteiger partial charge in [0.15, 0.2) is 0 Å². The monoisotopic (exact) mass is 257 g/mol. The van der Waals surface area contributed by atoms with Crippen molar-refractivity contribution in [2.45, 2.75) is 19.9 Å². The fourth-order valence-corrected chi connectivity index (χ4v) is 2.09. The van der Waals surface area contributed by atoms with E-state index in [2.05, 4.69) is 10.6 Å². The highest BCUT2D eigenvalue weighted by atomic mass is 16.5. The van der Waals surface area contributed by atoms with Crippen LogP contribution in [0, 0.1) is 5.92 Å². The average molecular weight is 257 g/mol. The van der Waals surface area contributed by atoms with Crippen molar-refractivity contribution in [2.24, 2.45) is 5.92 Å². The molecule has 0 aromatic heterocycles. The van der Waals surface area contributed by atoms with Crippen LogP contribution in [0.25, 0.3) is 0 Å². The molecule has 6 heteroatoms. The second-order valence-electron chi connectivity index (χ2n) is 4.33. The molecular weight excluding hydrogens is 234 g/mol. The Morgan fingerprint density at radius 1 is 1.33 bits per heavy atom. The van der Waals surface area contributed by atoms with E-state index in [0.717, 1.165) is 6.54 Å². The molecule has 1 saturated heterocycles. The normalized spacial score (nSPS) is 22.8. The van der Waals surface area contributed by atoms with Gasteiger partial charge in [0.2, 0.25) is 11.8 Å². The van der Waals surface area contributed by atoms with Crippen LogP contribution < -0.4 is 10.6 Å². The number of hydrogen-bond donors (Lipinski definition) is 2. The first kappa shape index (κ1) is 14.9. The molecule has 0 bridgehead atoms. The quantitative estimate of drug-likeness (QED) is 0.654. The Balaban J connectivity index is 2.62. The second-order valence-corrected chi connectivity index (χ2v) is 4.33. The molecule has 2 atom stereocenters. The van der Waals surface area contributed by atoms with Crippen molar-refractivity contribution < 1.29 is 14.3 Å². The van der Waals surface area contributed by atoms with Crippen LogP contribution in [0.15, 0.2) is 0 Å². The van der Waals surface area contributed by atoms with Crippen LogP contribution in [0.4, 0.5) is 0 Å². The largest absolute Gasteiger partial charge is 0.379 e. The van der Waals surface area contributed by atoms with Gasteiger partial charge in [0.25, 0.3) is 0 Å². The lowest BCUT2D eigenvalue weighted by Crippen LogP contribution is -2.48. The Morgan fingerprint density at radius 2 is 2.06 bits per heavy atom. The minimum atomic E-state index is -0.186. The molecule has 1 aliphatic rings. The van der Waals surface area contributed by atoms with Crippen LogP contribution in [0.5, 0.6) is 0 Å². The van der Waals surface area contributed by atoms with Crippen molar-refractivity contribution in [1.82, 2.24) is 15.5 Å². The minimum Gasteiger partial charge on any atom is -0.379 e. The number of amides is 2. The summed E-state index contributed by atoms with van der Waals surface area (Å²) in [6.45, 7) is 6.31. The number of hydrogen-bond acceptors (Lipinski definition) is 4. The highest BCUT2D eigenvalue weighted by Gasteiger charge is 2.36. The maximum atomic E-state index is 12.3. The van der Waals surface area contributed by atoms with Gasteiger partial charge in [-0.15, -0.1) is 0 Å². The lowest BCUT2D eigenvalue weighted by Gasteiger charge is -2.26. The Kier molecular flexibility index (Phi) is 6.07. The predicted molar refractivity (Wildman–Crippen MR) is 68.1 cm³/mol. The topological polar surface area (TPSA) is 70.7 Å². The van der Waals surface area contributed by atoms with E-state index in [-0.39, 0.29) is 30.3 Å². The number of rotatable bonds is 6. The summed E-state index contributed by atoms with van der Waals surface area (Å²) in [5.74, 6) is -0.344. The standard InChI is InChI=1S/C12H23N3O3/c1-4-14-10-8-18-7-9(10)12(17)15(5-2)6-11(16)13-3/h9-10,14H,4-8H2,1-3H3,(H,13,16). The van der Waals surface area contributed by atoms with Gasteiger partial charge in [0.05, 0.1) is 25.7 Å². The highest BCUT2D eigenvalue weighted by molar-refractivity contribution is 5.86. The molecule has 1 rings (SSSR count). The van der Waals surface area contributed by atoms with E-state index >= 15 is 0 Å². The number of nitrogens with one attached hydrogen (secondary N) is 2. The molecule has 1 heterocycles. The lowest BCUT2D eigenvalue weighted by molar-refractivity contribution is -0.139. The summed E-state index contributed by atoms with van der Waals surface area (Å²) in [6, 6.07) is 0.0567. The molecule has 0 radical (unpaired) electrons. The fraction of sp³-hybridized carbons (Fsp3) is 0.833. The Labute approximate surface area is 108 Å². The Bertz CT molecular complexity index is 296. The summed E-state index contributed by atoms with van der Waals surface area (Å²) in [7, 11) is 1.57. The lowest BCUT2D eigenvalue weighted by atomic mass is 10.0. The highest BCUT2D eigenvalue weighted by Crippen LogP contribution is 2.16. The first-order valence-corrected chi connectivity index (χ1v) is 6.44. The SMILES string of the molecule is CCNC1COCC1C(=O)N(CC)CC(=O)NC. The van der Waals surface area contributed by atoms with Crippen molar-refractivity contribution in [3.05, 3.63) is 0 Å². The summed E-state index contributed by atoms with van der Waals surface area (Å²) in [6.07, 6.45) is 0. The number of carbonyl (C=O) groups is 2. The first-order chi connectivity index (χ1) is 8.63.